The minimum Gasteiger partial charge on any atom is -0.480 e. The van der Waals surface area contributed by atoms with Crippen LogP contribution in [0.5, 0.6) is 0 Å². The van der Waals surface area contributed by atoms with Crippen LogP contribution in [0.25, 0.3) is 0 Å². The summed E-state index contributed by atoms with van der Waals surface area (Å²) in [5.41, 5.74) is 0. The number of carboxylic acid groups (broad SMARTS) is 1. The van der Waals surface area contributed by atoms with Crippen molar-refractivity contribution in [1.82, 2.24) is 10.2 Å². The highest BCUT2D eigenvalue weighted by molar-refractivity contribution is 5.83. The summed E-state index contributed by atoms with van der Waals surface area (Å²) >= 11 is 0. The average Bonchev–Trinajstić information content (AvgIpc) is 2.43. The predicted octanol–water partition coefficient (Wildman–Crippen LogP) is 0.338. The molecule has 0 bridgehead atoms. The predicted molar refractivity (Wildman–Crippen MR) is 68.7 cm³/mol. The molecule has 8 nitrogen and oxygen atoms in total. The van der Waals surface area contributed by atoms with Gasteiger partial charge in [-0.05, 0) is 13.3 Å². The highest BCUT2D eigenvalue weighted by Gasteiger charge is 2.23. The van der Waals surface area contributed by atoms with Crippen molar-refractivity contribution in [2.75, 3.05) is 20.2 Å². The Hall–Kier alpha value is -2.30. The Kier molecular flexibility index (Phi) is 8.50. The van der Waals surface area contributed by atoms with Crippen LogP contribution in [0.4, 0.5) is 4.79 Å². The van der Waals surface area contributed by atoms with Crippen LogP contribution in [0.3, 0.4) is 0 Å². The third-order valence-corrected chi connectivity index (χ3v) is 2.62. The first kappa shape index (κ1) is 17.7. The molecule has 0 heterocycles. The fraction of sp³-hybridized carbons (Fsp3) is 0.667. The van der Waals surface area contributed by atoms with Crippen LogP contribution >= 0.6 is 0 Å². The standard InChI is InChI=1S/C12H19N3O5/c1-3-15(8-4-7-13)12(19)14-9(11(17)18)5-6-10(16)20-2/h9H,3-6,8H2,1-2H3,(H,14,19)(H,17,18)/t9-/m1/s1. The van der Waals surface area contributed by atoms with Gasteiger partial charge in [-0.15, -0.1) is 0 Å². The maximum Gasteiger partial charge on any atom is 0.326 e. The monoisotopic (exact) mass is 285 g/mol. The van der Waals surface area contributed by atoms with Gasteiger partial charge in [-0.25, -0.2) is 9.59 Å². The number of carbonyl (C=O) groups excluding carboxylic acids is 2. The van der Waals surface area contributed by atoms with Gasteiger partial charge in [0.05, 0.1) is 19.6 Å². The van der Waals surface area contributed by atoms with Crippen molar-refractivity contribution in [2.24, 2.45) is 0 Å². The number of nitriles is 1. The van der Waals surface area contributed by atoms with Crippen LogP contribution in [-0.4, -0.2) is 54.2 Å². The molecule has 0 saturated carbocycles. The summed E-state index contributed by atoms with van der Waals surface area (Å²) < 4.78 is 4.42. The first-order chi connectivity index (χ1) is 9.46. The van der Waals surface area contributed by atoms with Gasteiger partial charge in [-0.1, -0.05) is 0 Å². The summed E-state index contributed by atoms with van der Waals surface area (Å²) in [5, 5.41) is 19.8. The van der Waals surface area contributed by atoms with Gasteiger partial charge >= 0.3 is 18.0 Å². The smallest absolute Gasteiger partial charge is 0.326 e. The SMILES string of the molecule is CCN(CCC#N)C(=O)N[C@H](CCC(=O)OC)C(=O)O. The number of ether oxygens (including phenoxy) is 1. The summed E-state index contributed by atoms with van der Waals surface area (Å²) in [5.74, 6) is -1.76. The van der Waals surface area contributed by atoms with E-state index in [0.717, 1.165) is 0 Å². The molecule has 0 aromatic rings. The molecule has 0 aromatic carbocycles. The Morgan fingerprint density at radius 3 is 2.55 bits per heavy atom. The number of methoxy groups -OCH3 is 1. The number of amides is 2. The summed E-state index contributed by atoms with van der Waals surface area (Å²) in [4.78, 5) is 35.2. The highest BCUT2D eigenvalue weighted by Crippen LogP contribution is 2.02. The van der Waals surface area contributed by atoms with Gasteiger partial charge in [-0.3, -0.25) is 4.79 Å². The minimum atomic E-state index is -1.22. The summed E-state index contributed by atoms with van der Waals surface area (Å²) in [6, 6.07) is 0.174. The number of esters is 1. The number of nitrogens with one attached hydrogen (secondary N) is 1. The maximum absolute atomic E-state index is 11.8. The lowest BCUT2D eigenvalue weighted by Gasteiger charge is -2.22. The molecule has 0 unspecified atom stereocenters. The first-order valence-corrected chi connectivity index (χ1v) is 6.18. The van der Waals surface area contributed by atoms with Crippen molar-refractivity contribution in [3.8, 4) is 6.07 Å². The molecule has 2 amide bonds. The van der Waals surface area contributed by atoms with E-state index < -0.39 is 24.0 Å². The second-order valence-corrected chi connectivity index (χ2v) is 3.94. The molecule has 0 rings (SSSR count). The van der Waals surface area contributed by atoms with E-state index in [2.05, 4.69) is 10.1 Å². The van der Waals surface area contributed by atoms with Crippen molar-refractivity contribution < 1.29 is 24.2 Å². The van der Waals surface area contributed by atoms with Crippen LogP contribution in [-0.2, 0) is 14.3 Å². The van der Waals surface area contributed by atoms with E-state index >= 15 is 0 Å². The third-order valence-electron chi connectivity index (χ3n) is 2.62. The Balaban J connectivity index is 4.49. The lowest BCUT2D eigenvalue weighted by Crippen LogP contribution is -2.48. The zero-order valence-corrected chi connectivity index (χ0v) is 11.6. The van der Waals surface area contributed by atoms with Crippen molar-refractivity contribution in [2.45, 2.75) is 32.2 Å². The zero-order chi connectivity index (χ0) is 15.5. The van der Waals surface area contributed by atoms with Crippen molar-refractivity contribution >= 4 is 18.0 Å². The van der Waals surface area contributed by atoms with Gasteiger partial charge in [0.25, 0.3) is 0 Å². The molecule has 0 spiro atoms. The number of urea groups is 1. The number of aliphatic carboxylic acids is 1. The second kappa shape index (κ2) is 9.61. The van der Waals surface area contributed by atoms with E-state index in [1.165, 1.54) is 12.0 Å². The molecule has 0 aliphatic rings. The van der Waals surface area contributed by atoms with Gasteiger partial charge in [0.2, 0.25) is 0 Å². The topological polar surface area (TPSA) is 120 Å². The lowest BCUT2D eigenvalue weighted by atomic mass is 10.1. The highest BCUT2D eigenvalue weighted by atomic mass is 16.5. The Morgan fingerprint density at radius 2 is 2.10 bits per heavy atom. The largest absolute Gasteiger partial charge is 0.480 e. The average molecular weight is 285 g/mol. The summed E-state index contributed by atoms with van der Waals surface area (Å²) in [6.07, 6.45) is 0.0166. The first-order valence-electron chi connectivity index (χ1n) is 6.18. The van der Waals surface area contributed by atoms with Crippen molar-refractivity contribution in [1.29, 1.82) is 5.26 Å². The number of carboxylic acids is 1. The van der Waals surface area contributed by atoms with Gasteiger partial charge in [0.1, 0.15) is 6.04 Å². The Bertz CT molecular complexity index is 391. The number of carbonyl (C=O) groups is 3. The quantitative estimate of drug-likeness (QED) is 0.620. The third kappa shape index (κ3) is 6.58. The maximum atomic E-state index is 11.8. The molecule has 112 valence electrons. The Labute approximate surface area is 117 Å². The number of rotatable bonds is 8. The van der Waals surface area contributed by atoms with Crippen LogP contribution in [0.1, 0.15) is 26.2 Å². The molecule has 8 heteroatoms. The Morgan fingerprint density at radius 1 is 1.45 bits per heavy atom. The molecule has 0 aromatic heterocycles. The second-order valence-electron chi connectivity index (χ2n) is 3.94. The molecule has 1 atom stereocenters. The van der Waals surface area contributed by atoms with E-state index in [1.807, 2.05) is 6.07 Å². The van der Waals surface area contributed by atoms with Crippen molar-refractivity contribution in [3.05, 3.63) is 0 Å². The van der Waals surface area contributed by atoms with Gasteiger partial charge in [0.15, 0.2) is 0 Å². The summed E-state index contributed by atoms with van der Waals surface area (Å²) in [6.45, 7) is 2.31. The van der Waals surface area contributed by atoms with Crippen LogP contribution in [0, 0.1) is 11.3 Å². The normalized spacial score (nSPS) is 11.1. The molecule has 2 N–H and O–H groups in total. The van der Waals surface area contributed by atoms with Crippen LogP contribution < -0.4 is 5.32 Å². The number of hydrogen-bond donors (Lipinski definition) is 2. The molecule has 20 heavy (non-hydrogen) atoms. The molecular formula is C12H19N3O5. The van der Waals surface area contributed by atoms with E-state index in [9.17, 15) is 14.4 Å². The zero-order valence-electron chi connectivity index (χ0n) is 11.6. The van der Waals surface area contributed by atoms with E-state index in [1.54, 1.807) is 6.92 Å². The van der Waals surface area contributed by atoms with Gasteiger partial charge in [0, 0.05) is 19.5 Å². The van der Waals surface area contributed by atoms with E-state index in [0.29, 0.717) is 6.54 Å². The molecule has 0 radical (unpaired) electrons. The van der Waals surface area contributed by atoms with Gasteiger partial charge in [-0.2, -0.15) is 5.26 Å². The molecule has 0 fully saturated rings. The fourth-order valence-corrected chi connectivity index (χ4v) is 1.45. The fourth-order valence-electron chi connectivity index (χ4n) is 1.45. The molecular weight excluding hydrogens is 266 g/mol. The number of hydrogen-bond acceptors (Lipinski definition) is 5. The van der Waals surface area contributed by atoms with Crippen molar-refractivity contribution in [3.63, 3.8) is 0 Å². The number of nitrogens with zero attached hydrogens (tertiary/aromatic N) is 2. The van der Waals surface area contributed by atoms with Crippen LogP contribution in [0.2, 0.25) is 0 Å². The van der Waals surface area contributed by atoms with E-state index in [4.69, 9.17) is 10.4 Å². The lowest BCUT2D eigenvalue weighted by molar-refractivity contribution is -0.142. The minimum absolute atomic E-state index is 0.0520. The van der Waals surface area contributed by atoms with Gasteiger partial charge < -0.3 is 20.1 Å². The summed E-state index contributed by atoms with van der Waals surface area (Å²) in [7, 11) is 1.21. The van der Waals surface area contributed by atoms with E-state index in [-0.39, 0.29) is 25.8 Å². The molecule has 0 saturated heterocycles. The molecule has 0 aliphatic heterocycles. The van der Waals surface area contributed by atoms with Crippen LogP contribution in [0.15, 0.2) is 0 Å². The molecule has 0 aliphatic carbocycles.